The van der Waals surface area contributed by atoms with Gasteiger partial charge < -0.3 is 14.5 Å². The van der Waals surface area contributed by atoms with E-state index in [-0.39, 0.29) is 11.7 Å². The van der Waals surface area contributed by atoms with E-state index in [9.17, 15) is 9.18 Å². The summed E-state index contributed by atoms with van der Waals surface area (Å²) in [6.07, 6.45) is 1.76. The molecule has 0 radical (unpaired) electrons. The molecule has 0 atom stereocenters. The number of halogens is 1. The molecule has 3 rings (SSSR count). The van der Waals surface area contributed by atoms with Crippen LogP contribution in [0.3, 0.4) is 0 Å². The fourth-order valence-electron chi connectivity index (χ4n) is 2.00. The number of furan rings is 1. The van der Waals surface area contributed by atoms with Crippen molar-refractivity contribution < 1.29 is 18.3 Å². The highest BCUT2D eigenvalue weighted by Gasteiger charge is 2.13. The molecule has 0 fully saturated rings. The Morgan fingerprint density at radius 3 is 3.09 bits per heavy atom. The predicted octanol–water partition coefficient (Wildman–Crippen LogP) is 3.15. The van der Waals surface area contributed by atoms with Gasteiger partial charge in [0.1, 0.15) is 5.75 Å². The Labute approximate surface area is 125 Å². The lowest BCUT2D eigenvalue weighted by Gasteiger charge is -2.05. The first-order valence-electron chi connectivity index (χ1n) is 6.79. The molecule has 1 amide bonds. The first-order chi connectivity index (χ1) is 10.8. The van der Waals surface area contributed by atoms with Crippen LogP contribution in [0.1, 0.15) is 17.0 Å². The summed E-state index contributed by atoms with van der Waals surface area (Å²) in [5.74, 6) is 0.789. The standard InChI is InChI=1S/C15H14FN3O3/c16-6-2-8-21-10-4-5-12-11(9-10)14(19-18-12)17-15(20)13-3-1-7-22-13/h1,3-5,7,9H,2,6,8H2,(H2,17,18,19,20). The molecule has 0 saturated carbocycles. The first-order valence-corrected chi connectivity index (χ1v) is 6.79. The topological polar surface area (TPSA) is 80.2 Å². The fraction of sp³-hybridized carbons (Fsp3) is 0.200. The van der Waals surface area contributed by atoms with Gasteiger partial charge in [-0.05, 0) is 30.3 Å². The number of benzene rings is 1. The molecule has 22 heavy (non-hydrogen) atoms. The van der Waals surface area contributed by atoms with Crippen molar-refractivity contribution in [2.45, 2.75) is 6.42 Å². The van der Waals surface area contributed by atoms with Crippen LogP contribution >= 0.6 is 0 Å². The Kier molecular flexibility index (Phi) is 4.04. The van der Waals surface area contributed by atoms with E-state index in [4.69, 9.17) is 9.15 Å². The summed E-state index contributed by atoms with van der Waals surface area (Å²) in [6, 6.07) is 8.49. The second-order valence-electron chi connectivity index (χ2n) is 4.60. The molecule has 0 aliphatic heterocycles. The smallest absolute Gasteiger partial charge is 0.292 e. The molecule has 3 aromatic rings. The molecule has 7 heteroatoms. The van der Waals surface area contributed by atoms with Crippen LogP contribution in [0, 0.1) is 0 Å². The summed E-state index contributed by atoms with van der Waals surface area (Å²) in [5, 5.41) is 10.3. The number of hydrogen-bond donors (Lipinski definition) is 2. The fourth-order valence-corrected chi connectivity index (χ4v) is 2.00. The lowest BCUT2D eigenvalue weighted by Crippen LogP contribution is -2.11. The lowest BCUT2D eigenvalue weighted by atomic mass is 10.2. The van der Waals surface area contributed by atoms with Gasteiger partial charge in [0.25, 0.3) is 5.91 Å². The highest BCUT2D eigenvalue weighted by atomic mass is 19.1. The molecule has 114 valence electrons. The minimum absolute atomic E-state index is 0.200. The maximum Gasteiger partial charge on any atom is 0.292 e. The highest BCUT2D eigenvalue weighted by molar-refractivity contribution is 6.06. The van der Waals surface area contributed by atoms with Crippen LogP contribution in [0.5, 0.6) is 5.75 Å². The van der Waals surface area contributed by atoms with E-state index in [2.05, 4.69) is 15.5 Å². The Morgan fingerprint density at radius 1 is 1.41 bits per heavy atom. The second kappa shape index (κ2) is 6.30. The maximum absolute atomic E-state index is 12.1. The van der Waals surface area contributed by atoms with Gasteiger partial charge in [0.05, 0.1) is 25.1 Å². The average molecular weight is 303 g/mol. The molecule has 0 spiro atoms. The van der Waals surface area contributed by atoms with Crippen molar-refractivity contribution in [1.29, 1.82) is 0 Å². The number of hydrogen-bond acceptors (Lipinski definition) is 4. The van der Waals surface area contributed by atoms with Crippen molar-refractivity contribution >= 4 is 22.6 Å². The van der Waals surface area contributed by atoms with E-state index in [1.165, 1.54) is 6.26 Å². The van der Waals surface area contributed by atoms with Crippen LogP contribution in [0.4, 0.5) is 10.2 Å². The number of nitrogens with zero attached hydrogens (tertiary/aromatic N) is 1. The molecule has 0 bridgehead atoms. The lowest BCUT2D eigenvalue weighted by molar-refractivity contribution is 0.0996. The Balaban J connectivity index is 1.80. The number of alkyl halides is 1. The number of nitrogens with one attached hydrogen (secondary N) is 2. The monoisotopic (exact) mass is 303 g/mol. The summed E-state index contributed by atoms with van der Waals surface area (Å²) in [6.45, 7) is -0.119. The molecule has 2 heterocycles. The number of amides is 1. The van der Waals surface area contributed by atoms with E-state index in [0.29, 0.717) is 30.0 Å². The number of aromatic nitrogens is 2. The predicted molar refractivity (Wildman–Crippen MR) is 78.8 cm³/mol. The number of ether oxygens (including phenoxy) is 1. The van der Waals surface area contributed by atoms with Crippen LogP contribution < -0.4 is 10.1 Å². The Morgan fingerprint density at radius 2 is 2.32 bits per heavy atom. The molecular weight excluding hydrogens is 289 g/mol. The number of anilines is 1. The van der Waals surface area contributed by atoms with Crippen LogP contribution in [0.15, 0.2) is 41.0 Å². The van der Waals surface area contributed by atoms with Gasteiger partial charge in [-0.25, -0.2) is 0 Å². The van der Waals surface area contributed by atoms with Gasteiger partial charge in [-0.15, -0.1) is 0 Å². The third-order valence-electron chi connectivity index (χ3n) is 3.06. The molecule has 6 nitrogen and oxygen atoms in total. The van der Waals surface area contributed by atoms with Gasteiger partial charge in [0.2, 0.25) is 0 Å². The highest BCUT2D eigenvalue weighted by Crippen LogP contribution is 2.25. The van der Waals surface area contributed by atoms with E-state index in [1.807, 2.05) is 0 Å². The van der Waals surface area contributed by atoms with Crippen molar-refractivity contribution in [3.8, 4) is 5.75 Å². The van der Waals surface area contributed by atoms with Gasteiger partial charge >= 0.3 is 0 Å². The van der Waals surface area contributed by atoms with E-state index in [0.717, 1.165) is 5.52 Å². The zero-order valence-electron chi connectivity index (χ0n) is 11.6. The molecule has 2 N–H and O–H groups in total. The van der Waals surface area contributed by atoms with Crippen LogP contribution in [0.2, 0.25) is 0 Å². The Bertz CT molecular complexity index is 768. The zero-order chi connectivity index (χ0) is 15.4. The summed E-state index contributed by atoms with van der Waals surface area (Å²) >= 11 is 0. The van der Waals surface area contributed by atoms with Gasteiger partial charge in [-0.2, -0.15) is 5.10 Å². The molecule has 0 saturated heterocycles. The normalized spacial score (nSPS) is 10.8. The zero-order valence-corrected chi connectivity index (χ0v) is 11.6. The van der Waals surface area contributed by atoms with Crippen molar-refractivity contribution in [2.75, 3.05) is 18.6 Å². The molecule has 0 unspecified atom stereocenters. The minimum Gasteiger partial charge on any atom is -0.493 e. The maximum atomic E-state index is 12.1. The molecule has 0 aliphatic rings. The van der Waals surface area contributed by atoms with E-state index in [1.54, 1.807) is 30.3 Å². The van der Waals surface area contributed by atoms with Gasteiger partial charge in [-0.1, -0.05) is 0 Å². The third-order valence-corrected chi connectivity index (χ3v) is 3.06. The number of carbonyl (C=O) groups is 1. The number of fused-ring (bicyclic) bond motifs is 1. The largest absolute Gasteiger partial charge is 0.493 e. The number of rotatable bonds is 6. The third kappa shape index (κ3) is 2.93. The SMILES string of the molecule is O=C(Nc1n[nH]c2ccc(OCCCF)cc12)c1ccco1. The quantitative estimate of drug-likeness (QED) is 0.685. The van der Waals surface area contributed by atoms with Crippen molar-refractivity contribution in [3.63, 3.8) is 0 Å². The van der Waals surface area contributed by atoms with E-state index >= 15 is 0 Å². The summed E-state index contributed by atoms with van der Waals surface area (Å²) < 4.78 is 22.6. The number of aromatic amines is 1. The van der Waals surface area contributed by atoms with Gasteiger partial charge in [0, 0.05) is 11.8 Å². The number of carbonyl (C=O) groups excluding carboxylic acids is 1. The van der Waals surface area contributed by atoms with Crippen molar-refractivity contribution in [3.05, 3.63) is 42.4 Å². The minimum atomic E-state index is -0.418. The summed E-state index contributed by atoms with van der Waals surface area (Å²) in [7, 11) is 0. The van der Waals surface area contributed by atoms with Gasteiger partial charge in [-0.3, -0.25) is 14.3 Å². The molecular formula is C15H14FN3O3. The molecule has 1 aromatic carbocycles. The Hall–Kier alpha value is -2.83. The molecule has 2 aromatic heterocycles. The summed E-state index contributed by atoms with van der Waals surface area (Å²) in [5.41, 5.74) is 0.757. The summed E-state index contributed by atoms with van der Waals surface area (Å²) in [4.78, 5) is 12.0. The van der Waals surface area contributed by atoms with Crippen molar-refractivity contribution in [1.82, 2.24) is 10.2 Å². The van der Waals surface area contributed by atoms with Crippen LogP contribution in [0.25, 0.3) is 10.9 Å². The van der Waals surface area contributed by atoms with E-state index < -0.39 is 6.67 Å². The first kappa shape index (κ1) is 14.1. The number of H-pyrrole nitrogens is 1. The van der Waals surface area contributed by atoms with Crippen LogP contribution in [-0.4, -0.2) is 29.4 Å². The van der Waals surface area contributed by atoms with Gasteiger partial charge in [0.15, 0.2) is 11.6 Å². The molecule has 0 aliphatic carbocycles. The van der Waals surface area contributed by atoms with Crippen molar-refractivity contribution in [2.24, 2.45) is 0 Å². The van der Waals surface area contributed by atoms with Crippen LogP contribution in [-0.2, 0) is 0 Å². The second-order valence-corrected chi connectivity index (χ2v) is 4.60. The average Bonchev–Trinajstić information content (AvgIpc) is 3.18.